The van der Waals surface area contributed by atoms with Crippen LogP contribution in [0.4, 0.5) is 28.8 Å². The largest absolute Gasteiger partial charge is 0.372 e. The van der Waals surface area contributed by atoms with E-state index in [4.69, 9.17) is 4.98 Å². The second kappa shape index (κ2) is 7.66. The van der Waals surface area contributed by atoms with Crippen molar-refractivity contribution in [2.75, 3.05) is 35.3 Å². The molecule has 0 aliphatic carbocycles. The summed E-state index contributed by atoms with van der Waals surface area (Å²) < 4.78 is 0. The van der Waals surface area contributed by atoms with Gasteiger partial charge in [0.15, 0.2) is 0 Å². The van der Waals surface area contributed by atoms with Gasteiger partial charge in [0.05, 0.1) is 0 Å². The second-order valence-electron chi connectivity index (χ2n) is 6.96. The van der Waals surface area contributed by atoms with E-state index < -0.39 is 0 Å². The molecule has 1 aromatic heterocycles. The smallest absolute Gasteiger partial charge is 0.231 e. The molecule has 1 fully saturated rings. The van der Waals surface area contributed by atoms with Crippen LogP contribution in [0.1, 0.15) is 18.5 Å². The molecule has 138 valence electrons. The molecule has 0 spiro atoms. The molecule has 0 unspecified atom stereocenters. The number of nitrogens with zero attached hydrogens (tertiary/aromatic N) is 4. The molecule has 3 aromatic rings. The van der Waals surface area contributed by atoms with E-state index in [9.17, 15) is 0 Å². The molecule has 27 heavy (non-hydrogen) atoms. The average Bonchev–Trinajstić information content (AvgIpc) is 3.23. The van der Waals surface area contributed by atoms with Gasteiger partial charge < -0.3 is 15.1 Å². The Kier molecular flexibility index (Phi) is 4.92. The summed E-state index contributed by atoms with van der Waals surface area (Å²) in [4.78, 5) is 13.7. The van der Waals surface area contributed by atoms with Crippen LogP contribution in [-0.2, 0) is 0 Å². The van der Waals surface area contributed by atoms with Crippen LogP contribution < -0.4 is 15.1 Å². The number of para-hydroxylation sites is 1. The zero-order valence-electron chi connectivity index (χ0n) is 15.9. The number of aryl methyl sites for hydroxylation is 1. The molecular formula is C22H25N5. The molecule has 1 saturated heterocycles. The summed E-state index contributed by atoms with van der Waals surface area (Å²) in [5.74, 6) is 1.48. The third-order valence-electron chi connectivity index (χ3n) is 4.90. The first-order chi connectivity index (χ1) is 13.2. The van der Waals surface area contributed by atoms with E-state index in [2.05, 4.69) is 51.6 Å². The Bertz CT molecular complexity index is 886. The molecule has 1 aliphatic rings. The monoisotopic (exact) mass is 359 g/mol. The van der Waals surface area contributed by atoms with Crippen molar-refractivity contribution in [3.05, 3.63) is 66.4 Å². The van der Waals surface area contributed by atoms with E-state index in [-0.39, 0.29) is 0 Å². The lowest BCUT2D eigenvalue weighted by Crippen LogP contribution is -2.17. The van der Waals surface area contributed by atoms with Gasteiger partial charge >= 0.3 is 0 Å². The molecule has 0 radical (unpaired) electrons. The van der Waals surface area contributed by atoms with Gasteiger partial charge in [0, 0.05) is 49.0 Å². The van der Waals surface area contributed by atoms with Crippen LogP contribution >= 0.6 is 0 Å². The fourth-order valence-corrected chi connectivity index (χ4v) is 3.41. The number of aromatic nitrogens is 2. The van der Waals surface area contributed by atoms with E-state index in [0.29, 0.717) is 5.95 Å². The van der Waals surface area contributed by atoms with Crippen molar-refractivity contribution in [1.29, 1.82) is 0 Å². The Morgan fingerprint density at radius 2 is 1.63 bits per heavy atom. The van der Waals surface area contributed by atoms with Crippen molar-refractivity contribution in [3.63, 3.8) is 0 Å². The zero-order chi connectivity index (χ0) is 18.6. The standard InChI is InChI=1S/C22H25N5/c1-17-16-21(25-22(23-17)26(2)19-8-4-3-5-9-19)24-18-10-12-20(13-11-18)27-14-6-7-15-27/h3-5,8-13,16H,6-7,14-15H2,1-2H3,(H,23,24,25). The topological polar surface area (TPSA) is 44.3 Å². The highest BCUT2D eigenvalue weighted by Crippen LogP contribution is 2.25. The molecule has 5 nitrogen and oxygen atoms in total. The summed E-state index contributed by atoms with van der Waals surface area (Å²) in [7, 11) is 1.98. The predicted molar refractivity (Wildman–Crippen MR) is 112 cm³/mol. The first kappa shape index (κ1) is 17.3. The summed E-state index contributed by atoms with van der Waals surface area (Å²) in [6.45, 7) is 4.31. The number of anilines is 5. The van der Waals surface area contributed by atoms with Crippen LogP contribution in [0.15, 0.2) is 60.7 Å². The number of hydrogen-bond donors (Lipinski definition) is 1. The fourth-order valence-electron chi connectivity index (χ4n) is 3.41. The quantitative estimate of drug-likeness (QED) is 0.702. The molecule has 1 aliphatic heterocycles. The highest BCUT2D eigenvalue weighted by Gasteiger charge is 2.12. The van der Waals surface area contributed by atoms with Crippen LogP contribution in [0, 0.1) is 6.92 Å². The van der Waals surface area contributed by atoms with Crippen LogP contribution in [0.2, 0.25) is 0 Å². The lowest BCUT2D eigenvalue weighted by Gasteiger charge is -2.19. The molecule has 2 heterocycles. The normalized spacial score (nSPS) is 13.6. The van der Waals surface area contributed by atoms with Gasteiger partial charge in [-0.15, -0.1) is 0 Å². The predicted octanol–water partition coefficient (Wildman–Crippen LogP) is 4.90. The van der Waals surface area contributed by atoms with Gasteiger partial charge in [0.1, 0.15) is 5.82 Å². The number of hydrogen-bond acceptors (Lipinski definition) is 5. The van der Waals surface area contributed by atoms with Crippen molar-refractivity contribution in [2.45, 2.75) is 19.8 Å². The van der Waals surface area contributed by atoms with Gasteiger partial charge in [0.2, 0.25) is 5.95 Å². The summed E-state index contributed by atoms with van der Waals surface area (Å²) in [5, 5.41) is 3.41. The summed E-state index contributed by atoms with van der Waals surface area (Å²) in [5.41, 5.74) is 4.31. The minimum absolute atomic E-state index is 0.678. The SMILES string of the molecule is Cc1cc(Nc2ccc(N3CCCC3)cc2)nc(N(C)c2ccccc2)n1. The van der Waals surface area contributed by atoms with E-state index in [1.165, 1.54) is 18.5 Å². The van der Waals surface area contributed by atoms with Gasteiger partial charge in [-0.2, -0.15) is 4.98 Å². The lowest BCUT2D eigenvalue weighted by molar-refractivity contribution is 0.949. The van der Waals surface area contributed by atoms with Crippen molar-refractivity contribution < 1.29 is 0 Å². The van der Waals surface area contributed by atoms with Crippen LogP contribution in [0.3, 0.4) is 0 Å². The Balaban J connectivity index is 1.53. The molecular weight excluding hydrogens is 334 g/mol. The van der Waals surface area contributed by atoms with Gasteiger partial charge in [0.25, 0.3) is 0 Å². The number of rotatable bonds is 5. The lowest BCUT2D eigenvalue weighted by atomic mass is 10.2. The Hall–Kier alpha value is -3.08. The molecule has 0 atom stereocenters. The molecule has 0 bridgehead atoms. The van der Waals surface area contributed by atoms with E-state index in [1.807, 2.05) is 43.1 Å². The Morgan fingerprint density at radius 1 is 0.926 bits per heavy atom. The fraction of sp³-hybridized carbons (Fsp3) is 0.273. The van der Waals surface area contributed by atoms with Gasteiger partial charge in [-0.1, -0.05) is 18.2 Å². The minimum Gasteiger partial charge on any atom is -0.372 e. The molecule has 0 amide bonds. The molecule has 0 saturated carbocycles. The van der Waals surface area contributed by atoms with Crippen molar-refractivity contribution in [1.82, 2.24) is 9.97 Å². The highest BCUT2D eigenvalue weighted by atomic mass is 15.3. The Morgan fingerprint density at radius 3 is 2.33 bits per heavy atom. The van der Waals surface area contributed by atoms with Crippen LogP contribution in [0.5, 0.6) is 0 Å². The van der Waals surface area contributed by atoms with Gasteiger partial charge in [-0.25, -0.2) is 4.98 Å². The van der Waals surface area contributed by atoms with Gasteiger partial charge in [-0.3, -0.25) is 0 Å². The maximum atomic E-state index is 4.70. The first-order valence-corrected chi connectivity index (χ1v) is 9.45. The second-order valence-corrected chi connectivity index (χ2v) is 6.96. The molecule has 1 N–H and O–H groups in total. The van der Waals surface area contributed by atoms with E-state index in [0.717, 1.165) is 36.0 Å². The summed E-state index contributed by atoms with van der Waals surface area (Å²) >= 11 is 0. The minimum atomic E-state index is 0.678. The third kappa shape index (κ3) is 4.03. The molecule has 4 rings (SSSR count). The number of nitrogens with one attached hydrogen (secondary N) is 1. The van der Waals surface area contributed by atoms with Crippen LogP contribution in [0.25, 0.3) is 0 Å². The molecule has 2 aromatic carbocycles. The zero-order valence-corrected chi connectivity index (χ0v) is 15.9. The third-order valence-corrected chi connectivity index (χ3v) is 4.90. The average molecular weight is 359 g/mol. The van der Waals surface area contributed by atoms with Crippen molar-refractivity contribution >= 4 is 28.8 Å². The van der Waals surface area contributed by atoms with Crippen molar-refractivity contribution in [3.8, 4) is 0 Å². The summed E-state index contributed by atoms with van der Waals surface area (Å²) in [6, 6.07) is 20.7. The van der Waals surface area contributed by atoms with Crippen LogP contribution in [-0.4, -0.2) is 30.1 Å². The summed E-state index contributed by atoms with van der Waals surface area (Å²) in [6.07, 6.45) is 2.58. The number of benzene rings is 2. The molecule has 5 heteroatoms. The Labute approximate surface area is 160 Å². The van der Waals surface area contributed by atoms with E-state index in [1.54, 1.807) is 0 Å². The maximum absolute atomic E-state index is 4.70. The first-order valence-electron chi connectivity index (χ1n) is 9.45. The maximum Gasteiger partial charge on any atom is 0.231 e. The highest BCUT2D eigenvalue weighted by molar-refractivity contribution is 5.63. The van der Waals surface area contributed by atoms with E-state index >= 15 is 0 Å². The van der Waals surface area contributed by atoms with Crippen molar-refractivity contribution in [2.24, 2.45) is 0 Å². The van der Waals surface area contributed by atoms with Gasteiger partial charge in [-0.05, 0) is 56.2 Å².